The second-order valence-electron chi connectivity index (χ2n) is 3.80. The number of aromatic nitrogens is 2. The van der Waals surface area contributed by atoms with Crippen LogP contribution in [-0.4, -0.2) is 16.7 Å². The van der Waals surface area contributed by atoms with E-state index in [-0.39, 0.29) is 0 Å². The van der Waals surface area contributed by atoms with Crippen LogP contribution >= 0.6 is 11.6 Å². The van der Waals surface area contributed by atoms with Crippen LogP contribution in [0.4, 0.5) is 5.82 Å². The average molecular weight is 248 g/mol. The molecule has 1 heterocycles. The fourth-order valence-corrected chi connectivity index (χ4v) is 1.86. The molecule has 1 N–H and O–H groups in total. The van der Waals surface area contributed by atoms with Crippen molar-refractivity contribution < 1.29 is 0 Å². The monoisotopic (exact) mass is 247 g/mol. The van der Waals surface area contributed by atoms with Crippen molar-refractivity contribution in [1.82, 2.24) is 10.2 Å². The van der Waals surface area contributed by atoms with Crippen molar-refractivity contribution in [3.05, 3.63) is 40.9 Å². The van der Waals surface area contributed by atoms with Crippen LogP contribution in [0, 0.1) is 6.92 Å². The molecular weight excluding hydrogens is 234 g/mol. The van der Waals surface area contributed by atoms with Gasteiger partial charge in [0.2, 0.25) is 0 Å². The fraction of sp³-hybridized carbons (Fsp3) is 0.231. The lowest BCUT2D eigenvalue weighted by atomic mass is 10.1. The molecule has 0 fully saturated rings. The zero-order valence-electron chi connectivity index (χ0n) is 9.87. The maximum Gasteiger partial charge on any atom is 0.148 e. The van der Waals surface area contributed by atoms with Gasteiger partial charge in [-0.15, -0.1) is 10.2 Å². The molecule has 0 aliphatic heterocycles. The number of hydrogen-bond donors (Lipinski definition) is 1. The van der Waals surface area contributed by atoms with Crippen LogP contribution in [0.1, 0.15) is 12.5 Å². The lowest BCUT2D eigenvalue weighted by Crippen LogP contribution is -2.02. The fourth-order valence-electron chi connectivity index (χ4n) is 1.67. The van der Waals surface area contributed by atoms with Crippen molar-refractivity contribution >= 4 is 17.4 Å². The summed E-state index contributed by atoms with van der Waals surface area (Å²) < 4.78 is 0. The molecule has 0 amide bonds. The van der Waals surface area contributed by atoms with E-state index in [4.69, 9.17) is 11.6 Å². The van der Waals surface area contributed by atoms with E-state index in [0.29, 0.717) is 5.02 Å². The molecule has 0 saturated heterocycles. The number of rotatable bonds is 3. The highest BCUT2D eigenvalue weighted by Crippen LogP contribution is 2.24. The van der Waals surface area contributed by atoms with Crippen LogP contribution in [0.15, 0.2) is 30.3 Å². The lowest BCUT2D eigenvalue weighted by Gasteiger charge is -2.07. The highest BCUT2D eigenvalue weighted by molar-refractivity contribution is 6.30. The Morgan fingerprint density at radius 2 is 2.06 bits per heavy atom. The summed E-state index contributed by atoms with van der Waals surface area (Å²) in [6, 6.07) is 9.63. The topological polar surface area (TPSA) is 37.8 Å². The number of anilines is 1. The summed E-state index contributed by atoms with van der Waals surface area (Å²) in [5.41, 5.74) is 2.94. The van der Waals surface area contributed by atoms with Crippen molar-refractivity contribution in [1.29, 1.82) is 0 Å². The smallest absolute Gasteiger partial charge is 0.148 e. The average Bonchev–Trinajstić information content (AvgIpc) is 2.29. The Morgan fingerprint density at radius 1 is 1.24 bits per heavy atom. The maximum absolute atomic E-state index is 5.97. The summed E-state index contributed by atoms with van der Waals surface area (Å²) in [4.78, 5) is 0. The molecule has 3 nitrogen and oxygen atoms in total. The number of benzene rings is 1. The molecule has 0 spiro atoms. The Morgan fingerprint density at radius 3 is 2.71 bits per heavy atom. The SMILES string of the molecule is CCNc1cc(C)c(-c2cccc(Cl)c2)nn1. The van der Waals surface area contributed by atoms with E-state index in [1.807, 2.05) is 44.2 Å². The summed E-state index contributed by atoms with van der Waals surface area (Å²) in [5.74, 6) is 0.802. The van der Waals surface area contributed by atoms with E-state index < -0.39 is 0 Å². The molecule has 2 aromatic rings. The van der Waals surface area contributed by atoms with E-state index in [1.165, 1.54) is 0 Å². The van der Waals surface area contributed by atoms with Crippen molar-refractivity contribution in [2.75, 3.05) is 11.9 Å². The number of aryl methyl sites for hydroxylation is 1. The van der Waals surface area contributed by atoms with Gasteiger partial charge >= 0.3 is 0 Å². The molecule has 0 unspecified atom stereocenters. The molecule has 0 radical (unpaired) electrons. The second-order valence-corrected chi connectivity index (χ2v) is 4.24. The predicted molar refractivity (Wildman–Crippen MR) is 71.4 cm³/mol. The van der Waals surface area contributed by atoms with Gasteiger partial charge in [0.25, 0.3) is 0 Å². The zero-order valence-corrected chi connectivity index (χ0v) is 10.6. The minimum Gasteiger partial charge on any atom is -0.369 e. The quantitative estimate of drug-likeness (QED) is 0.902. The third kappa shape index (κ3) is 2.74. The molecule has 2 rings (SSSR count). The summed E-state index contributed by atoms with van der Waals surface area (Å²) >= 11 is 5.97. The van der Waals surface area contributed by atoms with Gasteiger partial charge in [0.05, 0.1) is 5.69 Å². The minimum absolute atomic E-state index is 0.708. The standard InChI is InChI=1S/C13H14ClN3/c1-3-15-12-7-9(2)13(17-16-12)10-5-4-6-11(14)8-10/h4-8H,3H2,1-2H3,(H,15,16). The Labute approximate surface area is 106 Å². The first-order valence-corrected chi connectivity index (χ1v) is 5.92. The largest absolute Gasteiger partial charge is 0.369 e. The zero-order chi connectivity index (χ0) is 12.3. The molecule has 1 aromatic heterocycles. The van der Waals surface area contributed by atoms with Crippen molar-refractivity contribution in [2.45, 2.75) is 13.8 Å². The third-order valence-corrected chi connectivity index (χ3v) is 2.68. The van der Waals surface area contributed by atoms with Crippen LogP contribution in [0.5, 0.6) is 0 Å². The molecule has 4 heteroatoms. The Bertz CT molecular complexity index is 526. The summed E-state index contributed by atoms with van der Waals surface area (Å²) in [6.07, 6.45) is 0. The lowest BCUT2D eigenvalue weighted by molar-refractivity contribution is 1.00. The Balaban J connectivity index is 2.39. The Kier molecular flexibility index (Phi) is 3.59. The van der Waals surface area contributed by atoms with Gasteiger partial charge in [-0.25, -0.2) is 0 Å². The number of nitrogens with zero attached hydrogens (tertiary/aromatic N) is 2. The summed E-state index contributed by atoms with van der Waals surface area (Å²) in [6.45, 7) is 4.89. The van der Waals surface area contributed by atoms with E-state index in [1.54, 1.807) is 0 Å². The van der Waals surface area contributed by atoms with Crippen LogP contribution in [-0.2, 0) is 0 Å². The summed E-state index contributed by atoms with van der Waals surface area (Å²) in [5, 5.41) is 12.2. The van der Waals surface area contributed by atoms with E-state index in [2.05, 4.69) is 15.5 Å². The van der Waals surface area contributed by atoms with Gasteiger partial charge in [0, 0.05) is 17.1 Å². The third-order valence-electron chi connectivity index (χ3n) is 2.44. The normalized spacial score (nSPS) is 10.3. The van der Waals surface area contributed by atoms with Gasteiger partial charge in [-0.2, -0.15) is 0 Å². The molecule has 0 aliphatic carbocycles. The van der Waals surface area contributed by atoms with E-state index in [9.17, 15) is 0 Å². The van der Waals surface area contributed by atoms with Crippen LogP contribution in [0.3, 0.4) is 0 Å². The highest BCUT2D eigenvalue weighted by Gasteiger charge is 2.06. The first kappa shape index (κ1) is 11.9. The first-order chi connectivity index (χ1) is 8.20. The number of halogens is 1. The van der Waals surface area contributed by atoms with Crippen LogP contribution in [0.2, 0.25) is 5.02 Å². The van der Waals surface area contributed by atoms with Gasteiger partial charge in [-0.05, 0) is 37.6 Å². The summed E-state index contributed by atoms with van der Waals surface area (Å²) in [7, 11) is 0. The number of nitrogens with one attached hydrogen (secondary N) is 1. The van der Waals surface area contributed by atoms with Crippen molar-refractivity contribution in [3.63, 3.8) is 0 Å². The van der Waals surface area contributed by atoms with Gasteiger partial charge in [-0.3, -0.25) is 0 Å². The predicted octanol–water partition coefficient (Wildman–Crippen LogP) is 3.54. The van der Waals surface area contributed by atoms with Crippen LogP contribution in [0.25, 0.3) is 11.3 Å². The maximum atomic E-state index is 5.97. The van der Waals surface area contributed by atoms with E-state index in [0.717, 1.165) is 29.2 Å². The van der Waals surface area contributed by atoms with Crippen LogP contribution < -0.4 is 5.32 Å². The van der Waals surface area contributed by atoms with E-state index >= 15 is 0 Å². The molecule has 0 saturated carbocycles. The molecule has 0 atom stereocenters. The molecule has 0 aliphatic rings. The molecule has 88 valence electrons. The molecule has 17 heavy (non-hydrogen) atoms. The molecule has 0 bridgehead atoms. The first-order valence-electron chi connectivity index (χ1n) is 5.55. The molecule has 1 aromatic carbocycles. The van der Waals surface area contributed by atoms with Crippen molar-refractivity contribution in [3.8, 4) is 11.3 Å². The van der Waals surface area contributed by atoms with Gasteiger partial charge in [0.15, 0.2) is 0 Å². The molecular formula is C13H14ClN3. The minimum atomic E-state index is 0.708. The highest BCUT2D eigenvalue weighted by atomic mass is 35.5. The van der Waals surface area contributed by atoms with Gasteiger partial charge in [-0.1, -0.05) is 23.7 Å². The Hall–Kier alpha value is -1.61. The van der Waals surface area contributed by atoms with Gasteiger partial charge in [0.1, 0.15) is 5.82 Å². The van der Waals surface area contributed by atoms with Gasteiger partial charge < -0.3 is 5.32 Å². The second kappa shape index (κ2) is 5.15. The number of hydrogen-bond acceptors (Lipinski definition) is 3. The van der Waals surface area contributed by atoms with Crippen molar-refractivity contribution in [2.24, 2.45) is 0 Å².